The van der Waals surface area contributed by atoms with E-state index >= 15 is 0 Å². The molecule has 0 atom stereocenters. The number of rotatable bonds is 4. The zero-order chi connectivity index (χ0) is 18.8. The van der Waals surface area contributed by atoms with Gasteiger partial charge >= 0.3 is 0 Å². The third-order valence-corrected chi connectivity index (χ3v) is 5.09. The van der Waals surface area contributed by atoms with Crippen LogP contribution in [0.2, 0.25) is 5.02 Å². The molecule has 1 aliphatic heterocycles. The van der Waals surface area contributed by atoms with E-state index < -0.39 is 0 Å². The topological polar surface area (TPSA) is 64.0 Å². The first-order chi connectivity index (χ1) is 13.1. The highest BCUT2D eigenvalue weighted by Gasteiger charge is 2.26. The molecular weight excluding hydrogens is 382 g/mol. The van der Waals surface area contributed by atoms with Crippen molar-refractivity contribution in [1.82, 2.24) is 15.1 Å². The molecule has 1 saturated heterocycles. The van der Waals surface area contributed by atoms with E-state index in [0.717, 1.165) is 34.1 Å². The molecule has 0 radical (unpaired) electrons. The van der Waals surface area contributed by atoms with Crippen molar-refractivity contribution >= 4 is 40.6 Å². The largest absolute Gasteiger partial charge is 0.290 e. The standard InChI is InChI=1S/C20H14ClN3O2S/c21-16-8-6-14(7-9-16)18-15(10-17-19(25)22-20(26)27-17)12-24(23-18)11-13-4-2-1-3-5-13/h1-10,12H,11H2,(H,22,25,26)/b17-10-. The van der Waals surface area contributed by atoms with E-state index in [1.165, 1.54) is 0 Å². The van der Waals surface area contributed by atoms with Crippen molar-refractivity contribution in [2.45, 2.75) is 6.54 Å². The third kappa shape index (κ3) is 3.97. The molecule has 0 aliphatic carbocycles. The molecule has 3 aromatic rings. The summed E-state index contributed by atoms with van der Waals surface area (Å²) in [7, 11) is 0. The number of aromatic nitrogens is 2. The van der Waals surface area contributed by atoms with Crippen LogP contribution in [0.25, 0.3) is 17.3 Å². The van der Waals surface area contributed by atoms with Crippen molar-refractivity contribution in [2.24, 2.45) is 0 Å². The van der Waals surface area contributed by atoms with Gasteiger partial charge in [0.15, 0.2) is 0 Å². The Labute approximate surface area is 165 Å². The SMILES string of the molecule is O=C1NC(=O)/C(=C/c2cn(Cc3ccccc3)nc2-c2ccc(Cl)cc2)S1. The van der Waals surface area contributed by atoms with Crippen molar-refractivity contribution < 1.29 is 9.59 Å². The van der Waals surface area contributed by atoms with E-state index in [4.69, 9.17) is 16.7 Å². The summed E-state index contributed by atoms with van der Waals surface area (Å²) in [4.78, 5) is 23.7. The molecule has 5 nitrogen and oxygen atoms in total. The first-order valence-electron chi connectivity index (χ1n) is 8.21. The fraction of sp³-hybridized carbons (Fsp3) is 0.0500. The molecule has 0 bridgehead atoms. The molecule has 1 N–H and O–H groups in total. The summed E-state index contributed by atoms with van der Waals surface area (Å²) in [6, 6.07) is 17.3. The van der Waals surface area contributed by atoms with Gasteiger partial charge in [-0.1, -0.05) is 54.1 Å². The molecule has 2 amide bonds. The summed E-state index contributed by atoms with van der Waals surface area (Å²) in [5, 5.41) is 7.24. The van der Waals surface area contributed by atoms with Crippen LogP contribution in [0.5, 0.6) is 0 Å². The van der Waals surface area contributed by atoms with E-state index in [2.05, 4.69) is 5.32 Å². The molecule has 134 valence electrons. The normalized spacial score (nSPS) is 15.4. The van der Waals surface area contributed by atoms with E-state index in [1.54, 1.807) is 18.2 Å². The number of nitrogens with zero attached hydrogens (tertiary/aromatic N) is 2. The van der Waals surface area contributed by atoms with Gasteiger partial charge in [0.1, 0.15) is 0 Å². The number of nitrogens with one attached hydrogen (secondary N) is 1. The third-order valence-electron chi connectivity index (χ3n) is 4.02. The number of benzene rings is 2. The number of imide groups is 1. The van der Waals surface area contributed by atoms with Crippen LogP contribution in [0.3, 0.4) is 0 Å². The second-order valence-electron chi connectivity index (χ2n) is 5.98. The number of carbonyl (C=O) groups excluding carboxylic acids is 2. The van der Waals surface area contributed by atoms with Gasteiger partial charge in [0.25, 0.3) is 11.1 Å². The van der Waals surface area contributed by atoms with Gasteiger partial charge in [-0.15, -0.1) is 0 Å². The van der Waals surface area contributed by atoms with Gasteiger partial charge in [-0.3, -0.25) is 19.6 Å². The minimum atomic E-state index is -0.386. The highest BCUT2D eigenvalue weighted by molar-refractivity contribution is 8.18. The summed E-state index contributed by atoms with van der Waals surface area (Å²) in [5.41, 5.74) is 3.49. The molecule has 1 fully saturated rings. The van der Waals surface area contributed by atoms with Crippen LogP contribution >= 0.6 is 23.4 Å². The molecule has 7 heteroatoms. The maximum absolute atomic E-state index is 11.9. The zero-order valence-corrected chi connectivity index (χ0v) is 15.6. The molecule has 0 saturated carbocycles. The first-order valence-corrected chi connectivity index (χ1v) is 9.40. The molecular formula is C20H14ClN3O2S. The van der Waals surface area contributed by atoms with Gasteiger partial charge in [-0.05, 0) is 35.5 Å². The van der Waals surface area contributed by atoms with Gasteiger partial charge in [-0.25, -0.2) is 0 Å². The molecule has 4 rings (SSSR count). The minimum Gasteiger partial charge on any atom is -0.282 e. The number of hydrogen-bond acceptors (Lipinski definition) is 4. The lowest BCUT2D eigenvalue weighted by Crippen LogP contribution is -2.17. The summed E-state index contributed by atoms with van der Waals surface area (Å²) < 4.78 is 1.82. The van der Waals surface area contributed by atoms with Gasteiger partial charge < -0.3 is 0 Å². The minimum absolute atomic E-state index is 0.356. The maximum Gasteiger partial charge on any atom is 0.290 e. The van der Waals surface area contributed by atoms with Crippen LogP contribution in [-0.4, -0.2) is 20.9 Å². The van der Waals surface area contributed by atoms with Crippen molar-refractivity contribution in [1.29, 1.82) is 0 Å². The average Bonchev–Trinajstić information content (AvgIpc) is 3.19. The molecule has 2 heterocycles. The fourth-order valence-electron chi connectivity index (χ4n) is 2.79. The Kier molecular flexibility index (Phi) is 4.83. The molecule has 0 spiro atoms. The lowest BCUT2D eigenvalue weighted by atomic mass is 10.1. The van der Waals surface area contributed by atoms with Gasteiger partial charge in [0.05, 0.1) is 17.1 Å². The van der Waals surface area contributed by atoms with Gasteiger partial charge in [0.2, 0.25) is 0 Å². The fourth-order valence-corrected chi connectivity index (χ4v) is 3.59. The predicted molar refractivity (Wildman–Crippen MR) is 107 cm³/mol. The summed E-state index contributed by atoms with van der Waals surface area (Å²) in [5.74, 6) is -0.386. The Balaban J connectivity index is 1.75. The quantitative estimate of drug-likeness (QED) is 0.657. The van der Waals surface area contributed by atoms with Crippen LogP contribution in [0.1, 0.15) is 11.1 Å². The first kappa shape index (κ1) is 17.6. The molecule has 1 aromatic heterocycles. The lowest BCUT2D eigenvalue weighted by Gasteiger charge is -2.01. The van der Waals surface area contributed by atoms with Crippen molar-refractivity contribution in [3.8, 4) is 11.3 Å². The van der Waals surface area contributed by atoms with Crippen LogP contribution in [-0.2, 0) is 11.3 Å². The molecule has 27 heavy (non-hydrogen) atoms. The van der Waals surface area contributed by atoms with Crippen LogP contribution in [0.4, 0.5) is 4.79 Å². The Morgan fingerprint density at radius 1 is 1.07 bits per heavy atom. The maximum atomic E-state index is 11.9. The number of carbonyl (C=O) groups is 2. The second kappa shape index (κ2) is 7.42. The molecule has 2 aromatic carbocycles. The summed E-state index contributed by atoms with van der Waals surface area (Å²) >= 11 is 6.88. The monoisotopic (exact) mass is 395 g/mol. The van der Waals surface area contributed by atoms with E-state index in [1.807, 2.05) is 53.3 Å². The van der Waals surface area contributed by atoms with Crippen LogP contribution in [0, 0.1) is 0 Å². The molecule has 1 aliphatic rings. The van der Waals surface area contributed by atoms with Crippen molar-refractivity contribution in [2.75, 3.05) is 0 Å². The number of amides is 2. The second-order valence-corrected chi connectivity index (χ2v) is 7.43. The van der Waals surface area contributed by atoms with Crippen LogP contribution in [0.15, 0.2) is 65.7 Å². The zero-order valence-electron chi connectivity index (χ0n) is 14.1. The van der Waals surface area contributed by atoms with Gasteiger partial charge in [-0.2, -0.15) is 5.10 Å². The lowest BCUT2D eigenvalue weighted by molar-refractivity contribution is -0.115. The number of hydrogen-bond donors (Lipinski definition) is 1. The summed E-state index contributed by atoms with van der Waals surface area (Å²) in [6.45, 7) is 0.600. The smallest absolute Gasteiger partial charge is 0.282 e. The predicted octanol–water partition coefficient (Wildman–Crippen LogP) is 4.58. The highest BCUT2D eigenvalue weighted by atomic mass is 35.5. The Bertz CT molecular complexity index is 1040. The molecule has 0 unspecified atom stereocenters. The van der Waals surface area contributed by atoms with Crippen molar-refractivity contribution in [3.05, 3.63) is 81.8 Å². The van der Waals surface area contributed by atoms with E-state index in [9.17, 15) is 9.59 Å². The van der Waals surface area contributed by atoms with E-state index in [-0.39, 0.29) is 11.1 Å². The van der Waals surface area contributed by atoms with Crippen LogP contribution < -0.4 is 5.32 Å². The number of halogens is 1. The number of thioether (sulfide) groups is 1. The Morgan fingerprint density at radius 3 is 2.48 bits per heavy atom. The van der Waals surface area contributed by atoms with E-state index in [0.29, 0.717) is 16.5 Å². The average molecular weight is 396 g/mol. The van der Waals surface area contributed by atoms with Crippen molar-refractivity contribution in [3.63, 3.8) is 0 Å². The Hall–Kier alpha value is -2.83. The highest BCUT2D eigenvalue weighted by Crippen LogP contribution is 2.30. The summed E-state index contributed by atoms with van der Waals surface area (Å²) in [6.07, 6.45) is 3.57. The Morgan fingerprint density at radius 2 is 1.81 bits per heavy atom. The van der Waals surface area contributed by atoms with Gasteiger partial charge in [0, 0.05) is 22.3 Å².